The first-order valence-electron chi connectivity index (χ1n) is 52.7. The number of fused-ring (bicyclic) bond motifs is 12. The van der Waals surface area contributed by atoms with Crippen LogP contribution < -0.4 is 55.1 Å². The normalized spacial score (nSPS) is 20.5. The Hall–Kier alpha value is -10.8. The third kappa shape index (κ3) is 29.3. The number of phenols is 1. The van der Waals surface area contributed by atoms with Crippen molar-refractivity contribution in [3.8, 4) is 51.7 Å². The van der Waals surface area contributed by atoms with E-state index in [0.29, 0.717) is 78.9 Å². The Morgan fingerprint density at radius 2 is 0.664 bits per heavy atom. The number of carbonyl (C=O) groups excluding carboxylic acids is 5. The number of aromatic hydroxyl groups is 1. The highest BCUT2D eigenvalue weighted by Crippen LogP contribution is 2.59. The number of carbonyl (C=O) groups is 6. The summed E-state index contributed by atoms with van der Waals surface area (Å²) in [6.07, 6.45) is 39.9. The lowest BCUT2D eigenvalue weighted by molar-refractivity contribution is -0.138. The lowest BCUT2D eigenvalue weighted by atomic mass is 9.68. The number of benzene rings is 7. The van der Waals surface area contributed by atoms with Crippen molar-refractivity contribution in [3.63, 3.8) is 0 Å². The van der Waals surface area contributed by atoms with Gasteiger partial charge in [0.2, 0.25) is 0 Å². The Bertz CT molecular complexity index is 5550. The van der Waals surface area contributed by atoms with E-state index < -0.39 is 18.0 Å². The minimum absolute atomic E-state index is 0.0469. The molecule has 8 N–H and O–H groups in total. The van der Waals surface area contributed by atoms with Crippen LogP contribution in [0.15, 0.2) is 168 Å². The number of carboxylic acids is 1. The maximum absolute atomic E-state index is 13.1. The minimum atomic E-state index is -0.959. The van der Waals surface area contributed by atoms with Crippen LogP contribution in [0.4, 0.5) is 5.69 Å². The van der Waals surface area contributed by atoms with Crippen molar-refractivity contribution >= 4 is 41.3 Å². The van der Waals surface area contributed by atoms with Crippen LogP contribution >= 0.6 is 0 Å². The number of Topliss-reactive ketones (excluding diaryl/α,β-unsaturated/α-hetero) is 1. The maximum atomic E-state index is 13.1. The smallest absolute Gasteiger partial charge is 0.328 e. The van der Waals surface area contributed by atoms with Gasteiger partial charge >= 0.3 is 29.8 Å². The van der Waals surface area contributed by atoms with E-state index in [1.165, 1.54) is 64.7 Å². The zero-order chi connectivity index (χ0) is 101. The summed E-state index contributed by atoms with van der Waals surface area (Å²) in [5.74, 6) is 6.17. The molecule has 4 aliphatic heterocycles. The van der Waals surface area contributed by atoms with E-state index in [4.69, 9.17) is 60.2 Å². The Morgan fingerprint density at radius 1 is 0.371 bits per heavy atom. The molecule has 4 heterocycles. The molecular weight excluding hydrogens is 1750 g/mol. The molecule has 0 saturated carbocycles. The predicted molar refractivity (Wildman–Crippen MR) is 559 cm³/mol. The molecule has 756 valence electrons. The molecule has 8 unspecified atom stereocenters. The number of phenolic OH excluding ortho intramolecular Hbond substituents is 1. The number of nitrogens with two attached hydrogens (primary N) is 3. The summed E-state index contributed by atoms with van der Waals surface area (Å²) in [4.78, 5) is 74.2. The molecule has 15 rings (SSSR count). The van der Waals surface area contributed by atoms with Crippen molar-refractivity contribution in [1.82, 2.24) is 0 Å². The number of allylic oxidation sites excluding steroid dienone is 8. The summed E-state index contributed by atoms with van der Waals surface area (Å²) in [6.45, 7) is 35.4. The first kappa shape index (κ1) is 108. The average molecular weight is 1910 g/mol. The van der Waals surface area contributed by atoms with Gasteiger partial charge in [0.25, 0.3) is 0 Å². The molecular formula is C121H161N3O16. The Balaban J connectivity index is 0.000000169. The van der Waals surface area contributed by atoms with Crippen molar-refractivity contribution in [1.29, 1.82) is 0 Å². The Morgan fingerprint density at radius 3 is 0.979 bits per heavy atom. The van der Waals surface area contributed by atoms with Gasteiger partial charge in [-0.3, -0.25) is 24.0 Å². The standard InChI is InChI=1S/C36H46O6.C31H41NO3.C30H39NO4.C24H35NO3/c1-5-6-7-9-27-22-31(35-29-20-24(2)12-18-30(29)36(3,4)42-32(35)23-27)41-34(40)11-8-10-25-13-15-26(16-14-25)21-28(37)17-19-33(38)39;1-5-6-7-9-23-19-27(34-29(33)11-8-10-22-13-15-24(32)16-14-22)30-25-18-21(2)12-17-26(25)31(3,4)35-28(30)20-23;1-5-6-7-8-21-17-26(34-29(33)25(31)16-20-10-12-22(32)13-11-20)28-23-15-19(2)9-14-24(23)30(3,4)35-27(28)18-21;1-5-6-7-8-17-14-20(27-22(26)11-12-25)23-18-13-16(2)9-10-19(18)24(3,4)28-21(23)15-17/h13-16,20,22-23,29-30H,5-12,17-19,21H2,1-4H3,(H,38,39);13-16,18-20,25-26H,5-12,17,32H2,1-4H3;10-13,15,17-18,23-25,32H,5-9,14,16,31H2,1-4H3;13-15,18-19H,5-12,25H2,1-4H3/t;;23?,24?,25-;/m..0./s1. The highest BCUT2D eigenvalue weighted by atomic mass is 16.6. The number of hydrogen-bond donors (Lipinski definition) is 5. The second kappa shape index (κ2) is 49.8. The van der Waals surface area contributed by atoms with E-state index >= 15 is 0 Å². The highest BCUT2D eigenvalue weighted by molar-refractivity contribution is 5.84. The van der Waals surface area contributed by atoms with Gasteiger partial charge in [0.15, 0.2) is 0 Å². The second-order valence-electron chi connectivity index (χ2n) is 43.1. The molecule has 8 aliphatic rings. The van der Waals surface area contributed by atoms with Crippen LogP contribution in [0.2, 0.25) is 0 Å². The molecule has 9 atom stereocenters. The van der Waals surface area contributed by atoms with Crippen molar-refractivity contribution in [2.45, 2.75) is 388 Å². The molecule has 0 radical (unpaired) electrons. The topological polar surface area (TPSA) is 295 Å². The largest absolute Gasteiger partial charge is 0.508 e. The van der Waals surface area contributed by atoms with Gasteiger partial charge in [-0.05, 0) is 335 Å². The fourth-order valence-electron chi connectivity index (χ4n) is 22.2. The minimum Gasteiger partial charge on any atom is -0.508 e. The number of aliphatic carboxylic acids is 1. The van der Waals surface area contributed by atoms with Gasteiger partial charge in [0, 0.05) is 108 Å². The fourth-order valence-corrected chi connectivity index (χ4v) is 22.2. The molecule has 0 amide bonds. The van der Waals surface area contributed by atoms with Crippen molar-refractivity contribution < 1.29 is 76.9 Å². The third-order valence-electron chi connectivity index (χ3n) is 30.0. The van der Waals surface area contributed by atoms with E-state index in [-0.39, 0.29) is 101 Å². The number of ketones is 1. The number of unbranched alkanes of at least 4 members (excludes halogenated alkanes) is 8. The summed E-state index contributed by atoms with van der Waals surface area (Å²) < 4.78 is 50.4. The van der Waals surface area contributed by atoms with Crippen LogP contribution in [0, 0.1) is 23.7 Å². The van der Waals surface area contributed by atoms with Crippen molar-refractivity contribution in [2.24, 2.45) is 35.1 Å². The van der Waals surface area contributed by atoms with Gasteiger partial charge in [0.05, 0.1) is 12.8 Å². The third-order valence-corrected chi connectivity index (χ3v) is 30.0. The summed E-state index contributed by atoms with van der Waals surface area (Å²) >= 11 is 0. The molecule has 7 aromatic carbocycles. The predicted octanol–water partition coefficient (Wildman–Crippen LogP) is 27.0. The molecule has 19 nitrogen and oxygen atoms in total. The Kier molecular flexibility index (Phi) is 38.4. The molecule has 0 aromatic heterocycles. The quantitative estimate of drug-likeness (QED) is 0.00790. The number of esters is 4. The molecule has 0 spiro atoms. The van der Waals surface area contributed by atoms with E-state index in [1.807, 2.05) is 54.6 Å². The van der Waals surface area contributed by atoms with Crippen LogP contribution in [-0.4, -0.2) is 80.8 Å². The number of anilines is 1. The Labute approximate surface area is 834 Å². The lowest BCUT2D eigenvalue weighted by Crippen LogP contribution is -2.45. The van der Waals surface area contributed by atoms with Crippen LogP contribution in [0.1, 0.15) is 375 Å². The SMILES string of the molecule is CCCCCc1cc(OC(=O)CCCc2ccc(CC(=O)CCC(=O)O)cc2)c2c(c1)OC(C)(C)C1CCC(C)=CC21.CCCCCc1cc(OC(=O)CCCc2ccc(N)cc2)c2c(c1)OC(C)(C)C1CCC(C)=CC21.CCCCCc1cc(OC(=O)CCN)c2c(c1)OC(C)(C)C1CCC(C)=CC21.CCCCCc1cc(OC(=O)[C@@H](N)Cc2ccc(O)cc2)c2c(c1)OC(C)(C)C1CCC(C)=CC21. The number of rotatable bonds is 38. The molecule has 4 aliphatic carbocycles. The van der Waals surface area contributed by atoms with Crippen molar-refractivity contribution in [2.75, 3.05) is 12.3 Å². The first-order valence-corrected chi connectivity index (χ1v) is 52.7. The zero-order valence-corrected chi connectivity index (χ0v) is 86.9. The summed E-state index contributed by atoms with van der Waals surface area (Å²) in [5.41, 5.74) is 35.5. The lowest BCUT2D eigenvalue weighted by Gasteiger charge is -2.46. The number of ether oxygens (including phenoxy) is 8. The highest BCUT2D eigenvalue weighted by Gasteiger charge is 2.51. The molecule has 0 bridgehead atoms. The number of nitrogen functional groups attached to an aromatic ring is 1. The number of aryl methyl sites for hydroxylation is 6. The maximum Gasteiger partial charge on any atom is 0.328 e. The number of hydrogen-bond acceptors (Lipinski definition) is 18. The van der Waals surface area contributed by atoms with Gasteiger partial charge in [-0.15, -0.1) is 0 Å². The second-order valence-corrected chi connectivity index (χ2v) is 43.1. The van der Waals surface area contributed by atoms with Crippen LogP contribution in [-0.2, 0) is 80.1 Å². The van der Waals surface area contributed by atoms with Crippen LogP contribution in [0.25, 0.3) is 0 Å². The van der Waals surface area contributed by atoms with Gasteiger partial charge in [-0.25, -0.2) is 4.79 Å². The summed E-state index contributed by atoms with van der Waals surface area (Å²) in [5, 5.41) is 18.3. The van der Waals surface area contributed by atoms with Crippen molar-refractivity contribution in [3.05, 3.63) is 235 Å². The fraction of sp³-hybridized carbons (Fsp3) is 0.537. The van der Waals surface area contributed by atoms with E-state index in [9.17, 15) is 33.9 Å². The van der Waals surface area contributed by atoms with Gasteiger partial charge in [0.1, 0.15) is 86.0 Å². The average Bonchev–Trinajstić information content (AvgIpc) is 0.755. The van der Waals surface area contributed by atoms with E-state index in [2.05, 4.69) is 178 Å². The summed E-state index contributed by atoms with van der Waals surface area (Å²) in [6, 6.07) is 38.5. The monoisotopic (exact) mass is 1910 g/mol. The molecule has 0 saturated heterocycles. The van der Waals surface area contributed by atoms with E-state index in [1.54, 1.807) is 24.3 Å². The summed E-state index contributed by atoms with van der Waals surface area (Å²) in [7, 11) is 0. The van der Waals surface area contributed by atoms with Gasteiger partial charge < -0.3 is 65.3 Å². The number of carboxylic acid groups (broad SMARTS) is 1. The van der Waals surface area contributed by atoms with Crippen LogP contribution in [0.3, 0.4) is 0 Å². The molecule has 140 heavy (non-hydrogen) atoms. The first-order chi connectivity index (χ1) is 66.8. The zero-order valence-electron chi connectivity index (χ0n) is 86.9. The van der Waals surface area contributed by atoms with Gasteiger partial charge in [-0.2, -0.15) is 0 Å². The van der Waals surface area contributed by atoms with Gasteiger partial charge in [-0.1, -0.05) is 174 Å². The molecule has 19 heteroatoms. The van der Waals surface area contributed by atoms with E-state index in [0.717, 1.165) is 226 Å². The van der Waals surface area contributed by atoms with Crippen LogP contribution in [0.5, 0.6) is 51.7 Å². The molecule has 0 fully saturated rings. The molecule has 7 aromatic rings.